The van der Waals surface area contributed by atoms with E-state index in [9.17, 15) is 0 Å². The number of rotatable bonds is 1. The topological polar surface area (TPSA) is 3.24 Å². The van der Waals surface area contributed by atoms with Gasteiger partial charge in [-0.3, -0.25) is 0 Å². The zero-order valence-corrected chi connectivity index (χ0v) is 5.28. The average molecular weight is 88.2 g/mol. The molecule has 5 heavy (non-hydrogen) atoms. The molecule has 2 heteroatoms. The van der Waals surface area contributed by atoms with Gasteiger partial charge in [-0.05, 0) is 7.05 Å². The van der Waals surface area contributed by atoms with Crippen LogP contribution >= 0.6 is 0 Å². The Balaban J connectivity index is 2.54. The Morgan fingerprint density at radius 3 is 2.00 bits per heavy atom. The zero-order chi connectivity index (χ0) is 4.28. The minimum atomic E-state index is 0.0710. The number of hydrogen-bond donors (Lipinski definition) is 0. The lowest BCUT2D eigenvalue weighted by Gasteiger charge is -1.98. The van der Waals surface area contributed by atoms with Gasteiger partial charge in [0.15, 0.2) is 0 Å². The molecule has 0 aromatic heterocycles. The van der Waals surface area contributed by atoms with Crippen molar-refractivity contribution in [3.05, 3.63) is 7.05 Å². The molecule has 0 N–H and O–H groups in total. The summed E-state index contributed by atoms with van der Waals surface area (Å²) in [6.07, 6.45) is 0. The Morgan fingerprint density at radius 1 is 1.80 bits per heavy atom. The Morgan fingerprint density at radius 2 is 2.00 bits per heavy atom. The first kappa shape index (κ1) is 5.18. The predicted molar refractivity (Wildman–Crippen MR) is 27.5 cm³/mol. The van der Waals surface area contributed by atoms with Crippen molar-refractivity contribution in [3.63, 3.8) is 0 Å². The Labute approximate surface area is 35.9 Å². The van der Waals surface area contributed by atoms with Gasteiger partial charge in [-0.15, -0.1) is 0 Å². The van der Waals surface area contributed by atoms with Gasteiger partial charge in [-0.2, -0.15) is 0 Å². The smallest absolute Gasteiger partial charge is 0.0917 e. The van der Waals surface area contributed by atoms with E-state index >= 15 is 0 Å². The molecule has 1 radical (unpaired) electrons. The van der Waals surface area contributed by atoms with Gasteiger partial charge in [0.05, 0.1) is 9.68 Å². The van der Waals surface area contributed by atoms with Crippen LogP contribution in [0.3, 0.4) is 0 Å². The van der Waals surface area contributed by atoms with Crippen LogP contribution in [0, 0.1) is 7.05 Å². The van der Waals surface area contributed by atoms with Crippen molar-refractivity contribution in [1.82, 2.24) is 4.57 Å². The summed E-state index contributed by atoms with van der Waals surface area (Å²) < 4.78 is 2.01. The van der Waals surface area contributed by atoms with E-state index in [1.807, 2.05) is 11.6 Å². The van der Waals surface area contributed by atoms with Crippen LogP contribution < -0.4 is 0 Å². The second-order valence-electron chi connectivity index (χ2n) is 1.17. The fourth-order valence-corrected chi connectivity index (χ4v) is 0. The van der Waals surface area contributed by atoms with Crippen LogP contribution in [-0.2, 0) is 0 Å². The SMILES string of the molecule is [CH2]N(C)[SiH2]C. The Kier molecular flexibility index (Phi) is 2.50. The fourth-order valence-electron chi connectivity index (χ4n) is 0. The Hall–Kier alpha value is 0.177. The molecule has 1 nitrogen and oxygen atoms in total. The fraction of sp³-hybridized carbons (Fsp3) is 0.667. The van der Waals surface area contributed by atoms with Gasteiger partial charge in [-0.1, -0.05) is 6.55 Å². The quantitative estimate of drug-likeness (QED) is 0.403. The van der Waals surface area contributed by atoms with E-state index in [2.05, 4.69) is 13.6 Å². The minimum Gasteiger partial charge on any atom is -0.331 e. The van der Waals surface area contributed by atoms with Gasteiger partial charge >= 0.3 is 0 Å². The summed E-state index contributed by atoms with van der Waals surface area (Å²) in [4.78, 5) is 0. The van der Waals surface area contributed by atoms with Crippen LogP contribution in [-0.4, -0.2) is 21.3 Å². The molecule has 0 aromatic carbocycles. The summed E-state index contributed by atoms with van der Waals surface area (Å²) in [6, 6.07) is 0. The van der Waals surface area contributed by atoms with E-state index in [0.29, 0.717) is 0 Å². The molecule has 0 saturated heterocycles. The molecule has 0 heterocycles. The van der Waals surface area contributed by atoms with Crippen LogP contribution in [0.25, 0.3) is 0 Å². The average Bonchev–Trinajstić information content (AvgIpc) is 1.38. The molecule has 0 unspecified atom stereocenters. The maximum absolute atomic E-state index is 3.65. The standard InChI is InChI=1S/C3H10NSi/c1-4(2)5-3/h1,5H2,2-3H3. The largest absolute Gasteiger partial charge is 0.331 e. The molecule has 0 aromatic rings. The summed E-state index contributed by atoms with van der Waals surface area (Å²) in [5.74, 6) is 0. The number of hydrogen-bond acceptors (Lipinski definition) is 1. The molecule has 0 aliphatic heterocycles. The summed E-state index contributed by atoms with van der Waals surface area (Å²) in [6.45, 7) is 2.20. The monoisotopic (exact) mass is 88.1 g/mol. The zero-order valence-electron chi connectivity index (χ0n) is 3.86. The number of nitrogens with zero attached hydrogens (tertiary/aromatic N) is 1. The maximum Gasteiger partial charge on any atom is 0.0917 e. The summed E-state index contributed by atoms with van der Waals surface area (Å²) >= 11 is 0. The molecule has 0 fully saturated rings. The molecular formula is C3H10NSi. The van der Waals surface area contributed by atoms with E-state index in [1.54, 1.807) is 0 Å². The van der Waals surface area contributed by atoms with Gasteiger partial charge in [-0.25, -0.2) is 0 Å². The highest BCUT2D eigenvalue weighted by molar-refractivity contribution is 6.29. The lowest BCUT2D eigenvalue weighted by molar-refractivity contribution is 0.727. The van der Waals surface area contributed by atoms with Crippen molar-refractivity contribution >= 4 is 9.68 Å². The molecule has 31 valence electrons. The van der Waals surface area contributed by atoms with E-state index < -0.39 is 0 Å². The van der Waals surface area contributed by atoms with E-state index in [0.717, 1.165) is 0 Å². The Bertz CT molecular complexity index is 20.9. The summed E-state index contributed by atoms with van der Waals surface area (Å²) in [5.41, 5.74) is 0. The maximum atomic E-state index is 3.65. The summed E-state index contributed by atoms with van der Waals surface area (Å²) in [5, 5.41) is 0. The van der Waals surface area contributed by atoms with Crippen molar-refractivity contribution in [3.8, 4) is 0 Å². The normalized spacial score (nSPS) is 12.0. The second kappa shape index (κ2) is 2.42. The molecule has 0 atom stereocenters. The molecule has 0 bridgehead atoms. The lowest BCUT2D eigenvalue weighted by atomic mass is 11.3. The van der Waals surface area contributed by atoms with Crippen LogP contribution in [0.2, 0.25) is 6.55 Å². The van der Waals surface area contributed by atoms with E-state index in [4.69, 9.17) is 0 Å². The third-order valence-corrected chi connectivity index (χ3v) is 1.62. The third kappa shape index (κ3) is 4.18. The molecule has 0 aliphatic rings. The molecule has 0 saturated carbocycles. The highest BCUT2D eigenvalue weighted by Crippen LogP contribution is 1.64. The van der Waals surface area contributed by atoms with E-state index in [1.165, 1.54) is 0 Å². The van der Waals surface area contributed by atoms with Crippen molar-refractivity contribution in [2.75, 3.05) is 7.05 Å². The van der Waals surface area contributed by atoms with Gasteiger partial charge in [0, 0.05) is 7.05 Å². The molecule has 0 amide bonds. The van der Waals surface area contributed by atoms with Gasteiger partial charge in [0.1, 0.15) is 0 Å². The van der Waals surface area contributed by atoms with E-state index in [-0.39, 0.29) is 9.68 Å². The van der Waals surface area contributed by atoms with Gasteiger partial charge in [0.2, 0.25) is 0 Å². The first-order chi connectivity index (χ1) is 2.27. The van der Waals surface area contributed by atoms with Crippen molar-refractivity contribution in [2.45, 2.75) is 6.55 Å². The van der Waals surface area contributed by atoms with Crippen molar-refractivity contribution in [1.29, 1.82) is 0 Å². The third-order valence-electron chi connectivity index (χ3n) is 0.540. The molecule has 0 aliphatic carbocycles. The van der Waals surface area contributed by atoms with Crippen LogP contribution in [0.4, 0.5) is 0 Å². The first-order valence-corrected chi connectivity index (χ1v) is 3.83. The highest BCUT2D eigenvalue weighted by Gasteiger charge is 1.74. The predicted octanol–water partition coefficient (Wildman–Crippen LogP) is -0.158. The lowest BCUT2D eigenvalue weighted by Crippen LogP contribution is -2.09. The van der Waals surface area contributed by atoms with Gasteiger partial charge in [0.25, 0.3) is 0 Å². The van der Waals surface area contributed by atoms with Gasteiger partial charge < -0.3 is 4.57 Å². The minimum absolute atomic E-state index is 0.0710. The first-order valence-electron chi connectivity index (χ1n) is 1.79. The summed E-state index contributed by atoms with van der Waals surface area (Å²) in [7, 11) is 5.73. The second-order valence-corrected chi connectivity index (χ2v) is 2.88. The highest BCUT2D eigenvalue weighted by atomic mass is 28.2. The molecule has 0 spiro atoms. The molecular weight excluding hydrogens is 78.1 g/mol. The van der Waals surface area contributed by atoms with Crippen molar-refractivity contribution < 1.29 is 0 Å². The van der Waals surface area contributed by atoms with Crippen LogP contribution in [0.15, 0.2) is 0 Å². The van der Waals surface area contributed by atoms with Crippen LogP contribution in [0.5, 0.6) is 0 Å². The van der Waals surface area contributed by atoms with Crippen LogP contribution in [0.1, 0.15) is 0 Å². The molecule has 0 rings (SSSR count). The van der Waals surface area contributed by atoms with Crippen molar-refractivity contribution in [2.24, 2.45) is 0 Å².